The molecular weight excluding hydrogens is 250 g/mol. The highest BCUT2D eigenvalue weighted by atomic mass is 35.5. The molecule has 0 atom stereocenters. The van der Waals surface area contributed by atoms with Gasteiger partial charge in [-0.1, -0.05) is 37.3 Å². The average Bonchev–Trinajstić information content (AvgIpc) is 2.57. The fraction of sp³-hybridized carbons (Fsp3) is 0.538. The number of hydrogen-bond acceptors (Lipinski definition) is 3. The monoisotopic (exact) mass is 267 g/mol. The summed E-state index contributed by atoms with van der Waals surface area (Å²) in [5.74, 6) is 0.0391. The van der Waals surface area contributed by atoms with Crippen LogP contribution >= 0.6 is 11.6 Å². The highest BCUT2D eigenvalue weighted by Gasteiger charge is 2.17. The van der Waals surface area contributed by atoms with E-state index in [4.69, 9.17) is 17.3 Å². The van der Waals surface area contributed by atoms with Gasteiger partial charge in [0.1, 0.15) is 11.0 Å². The van der Waals surface area contributed by atoms with Gasteiger partial charge in [0.05, 0.1) is 5.56 Å². The quantitative estimate of drug-likeness (QED) is 0.639. The Kier molecular flexibility index (Phi) is 4.42. The van der Waals surface area contributed by atoms with Gasteiger partial charge in [-0.25, -0.2) is 4.98 Å². The lowest BCUT2D eigenvalue weighted by Crippen LogP contribution is -2.34. The lowest BCUT2D eigenvalue weighted by molar-refractivity contribution is 0.0934. The third-order valence-corrected chi connectivity index (χ3v) is 3.54. The van der Waals surface area contributed by atoms with Gasteiger partial charge in [-0.2, -0.15) is 0 Å². The number of nitrogens with one attached hydrogen (secondary N) is 1. The number of anilines is 1. The Labute approximate surface area is 112 Å². The van der Waals surface area contributed by atoms with Gasteiger partial charge in [0.2, 0.25) is 0 Å². The standard InChI is InChI=1S/C13H18ClN3O/c14-11-8-7-10(12(15)17-11)13(18)16-9-5-3-1-2-4-6-9/h7-9H,1-6H2,(H2,15,17)(H,16,18). The minimum atomic E-state index is -0.149. The van der Waals surface area contributed by atoms with Gasteiger partial charge in [0.25, 0.3) is 5.91 Å². The second-order valence-electron chi connectivity index (χ2n) is 4.73. The van der Waals surface area contributed by atoms with Crippen LogP contribution < -0.4 is 11.1 Å². The van der Waals surface area contributed by atoms with Gasteiger partial charge in [0.15, 0.2) is 0 Å². The Balaban J connectivity index is 2.02. The molecule has 0 aromatic carbocycles. The molecule has 1 heterocycles. The highest BCUT2D eigenvalue weighted by Crippen LogP contribution is 2.19. The number of halogens is 1. The van der Waals surface area contributed by atoms with Gasteiger partial charge < -0.3 is 11.1 Å². The zero-order valence-electron chi connectivity index (χ0n) is 10.3. The number of nitrogen functional groups attached to an aromatic ring is 1. The number of rotatable bonds is 2. The number of hydrogen-bond donors (Lipinski definition) is 2. The van der Waals surface area contributed by atoms with Gasteiger partial charge in [-0.15, -0.1) is 0 Å². The van der Waals surface area contributed by atoms with Crippen molar-refractivity contribution < 1.29 is 4.79 Å². The van der Waals surface area contributed by atoms with E-state index in [2.05, 4.69) is 10.3 Å². The number of aromatic nitrogens is 1. The molecule has 1 aromatic rings. The predicted molar refractivity (Wildman–Crippen MR) is 72.6 cm³/mol. The first-order valence-electron chi connectivity index (χ1n) is 6.39. The van der Waals surface area contributed by atoms with Crippen LogP contribution in [0.25, 0.3) is 0 Å². The molecule has 1 saturated carbocycles. The van der Waals surface area contributed by atoms with E-state index >= 15 is 0 Å². The molecule has 0 radical (unpaired) electrons. The third kappa shape index (κ3) is 3.35. The molecule has 0 saturated heterocycles. The van der Waals surface area contributed by atoms with Crippen molar-refractivity contribution in [2.24, 2.45) is 0 Å². The molecule has 1 amide bonds. The van der Waals surface area contributed by atoms with Crippen LogP contribution in [0.4, 0.5) is 5.82 Å². The first-order valence-corrected chi connectivity index (χ1v) is 6.77. The number of nitrogens with two attached hydrogens (primary N) is 1. The molecule has 0 aliphatic heterocycles. The van der Waals surface area contributed by atoms with Crippen molar-refractivity contribution in [3.63, 3.8) is 0 Å². The van der Waals surface area contributed by atoms with E-state index in [1.165, 1.54) is 25.7 Å². The normalized spacial score (nSPS) is 17.2. The summed E-state index contributed by atoms with van der Waals surface area (Å²) in [6, 6.07) is 3.46. The smallest absolute Gasteiger partial charge is 0.255 e. The molecule has 2 rings (SSSR count). The van der Waals surface area contributed by atoms with Crippen LogP contribution in [0.2, 0.25) is 5.15 Å². The molecule has 18 heavy (non-hydrogen) atoms. The molecule has 1 aromatic heterocycles. The summed E-state index contributed by atoms with van der Waals surface area (Å²) in [5.41, 5.74) is 6.11. The zero-order chi connectivity index (χ0) is 13.0. The van der Waals surface area contributed by atoms with Crippen LogP contribution in [0, 0.1) is 0 Å². The topological polar surface area (TPSA) is 68.0 Å². The fourth-order valence-electron chi connectivity index (χ4n) is 2.33. The Bertz CT molecular complexity index is 428. The van der Waals surface area contributed by atoms with E-state index in [1.54, 1.807) is 12.1 Å². The maximum Gasteiger partial charge on any atom is 0.255 e. The maximum atomic E-state index is 12.1. The van der Waals surface area contributed by atoms with Gasteiger partial charge >= 0.3 is 0 Å². The van der Waals surface area contributed by atoms with Crippen molar-refractivity contribution in [2.45, 2.75) is 44.6 Å². The minimum absolute atomic E-state index is 0.149. The van der Waals surface area contributed by atoms with Crippen molar-refractivity contribution in [2.75, 3.05) is 5.73 Å². The summed E-state index contributed by atoms with van der Waals surface area (Å²) in [4.78, 5) is 16.0. The Morgan fingerprint density at radius 1 is 1.28 bits per heavy atom. The first-order chi connectivity index (χ1) is 8.66. The molecular formula is C13H18ClN3O. The summed E-state index contributed by atoms with van der Waals surface area (Å²) >= 11 is 5.71. The fourth-order valence-corrected chi connectivity index (χ4v) is 2.48. The largest absolute Gasteiger partial charge is 0.383 e. The maximum absolute atomic E-state index is 12.1. The number of pyridine rings is 1. The molecule has 4 nitrogen and oxygen atoms in total. The summed E-state index contributed by atoms with van der Waals surface area (Å²) in [5, 5.41) is 3.34. The second-order valence-corrected chi connectivity index (χ2v) is 5.12. The molecule has 1 aliphatic rings. The molecule has 1 fully saturated rings. The first kappa shape index (κ1) is 13.1. The van der Waals surface area contributed by atoms with Crippen molar-refractivity contribution >= 4 is 23.3 Å². The minimum Gasteiger partial charge on any atom is -0.383 e. The van der Waals surface area contributed by atoms with Gasteiger partial charge in [-0.05, 0) is 25.0 Å². The van der Waals surface area contributed by atoms with Crippen LogP contribution in [0.1, 0.15) is 48.9 Å². The zero-order valence-corrected chi connectivity index (χ0v) is 11.0. The number of nitrogens with zero attached hydrogens (tertiary/aromatic N) is 1. The summed E-state index contributed by atoms with van der Waals surface area (Å²) < 4.78 is 0. The van der Waals surface area contributed by atoms with E-state index in [0.717, 1.165) is 12.8 Å². The average molecular weight is 268 g/mol. The third-order valence-electron chi connectivity index (χ3n) is 3.33. The summed E-state index contributed by atoms with van der Waals surface area (Å²) in [6.45, 7) is 0. The summed E-state index contributed by atoms with van der Waals surface area (Å²) in [7, 11) is 0. The SMILES string of the molecule is Nc1nc(Cl)ccc1C(=O)NC1CCCCCC1. The van der Waals surface area contributed by atoms with Crippen LogP contribution in [-0.4, -0.2) is 16.9 Å². The Hall–Kier alpha value is -1.29. The van der Waals surface area contributed by atoms with Gasteiger partial charge in [-0.3, -0.25) is 4.79 Å². The van der Waals surface area contributed by atoms with E-state index in [1.807, 2.05) is 0 Å². The van der Waals surface area contributed by atoms with E-state index < -0.39 is 0 Å². The van der Waals surface area contributed by atoms with Crippen LogP contribution in [0.15, 0.2) is 12.1 Å². The van der Waals surface area contributed by atoms with Gasteiger partial charge in [0, 0.05) is 6.04 Å². The lowest BCUT2D eigenvalue weighted by atomic mass is 10.1. The summed E-state index contributed by atoms with van der Waals surface area (Å²) in [6.07, 6.45) is 6.98. The number of carbonyl (C=O) groups is 1. The van der Waals surface area contributed by atoms with Crippen molar-refractivity contribution in [3.05, 3.63) is 22.8 Å². The highest BCUT2D eigenvalue weighted by molar-refractivity contribution is 6.29. The van der Waals surface area contributed by atoms with E-state index in [-0.39, 0.29) is 17.8 Å². The number of carbonyl (C=O) groups excluding carboxylic acids is 1. The van der Waals surface area contributed by atoms with E-state index in [9.17, 15) is 4.79 Å². The Morgan fingerprint density at radius 3 is 2.56 bits per heavy atom. The predicted octanol–water partition coefficient (Wildman–Crippen LogP) is 2.77. The van der Waals surface area contributed by atoms with Crippen molar-refractivity contribution in [1.82, 2.24) is 10.3 Å². The molecule has 5 heteroatoms. The van der Waals surface area contributed by atoms with Crippen molar-refractivity contribution in [1.29, 1.82) is 0 Å². The van der Waals surface area contributed by atoms with Crippen molar-refractivity contribution in [3.8, 4) is 0 Å². The van der Waals surface area contributed by atoms with E-state index in [0.29, 0.717) is 10.7 Å². The van der Waals surface area contributed by atoms with Crippen LogP contribution in [0.3, 0.4) is 0 Å². The molecule has 1 aliphatic carbocycles. The molecule has 3 N–H and O–H groups in total. The molecule has 0 spiro atoms. The number of amides is 1. The van der Waals surface area contributed by atoms with Crippen LogP contribution in [-0.2, 0) is 0 Å². The lowest BCUT2D eigenvalue weighted by Gasteiger charge is -2.16. The molecule has 0 bridgehead atoms. The molecule has 0 unspecified atom stereocenters. The Morgan fingerprint density at radius 2 is 1.94 bits per heavy atom. The molecule has 98 valence electrons. The second kappa shape index (κ2) is 6.05. The van der Waals surface area contributed by atoms with Crippen LogP contribution in [0.5, 0.6) is 0 Å².